The topological polar surface area (TPSA) is 144 Å². The number of rotatable bonds is 7. The standard InChI is InChI=1S/C28H25N5O5/c1-28(32-27(37)31-17-34,16-33-15-21-7-8-23(38-2)12-24(21)26(33)36)10-9-18-11-22(14-30-13-18)19-3-5-20(6-4-19)25(29)35/h3-8,11-14,17H,15-16H2,1-2H3,(H2,29,35)(H2,31,32,34,37)/t28-/m1/s1. The smallest absolute Gasteiger partial charge is 0.322 e. The van der Waals surface area contributed by atoms with Gasteiger partial charge in [0.15, 0.2) is 0 Å². The number of aromatic nitrogens is 1. The first-order valence-corrected chi connectivity index (χ1v) is 11.6. The summed E-state index contributed by atoms with van der Waals surface area (Å²) in [5.74, 6) is 5.91. The van der Waals surface area contributed by atoms with Gasteiger partial charge in [0.25, 0.3) is 5.91 Å². The Hall–Kier alpha value is -5.17. The number of ether oxygens (including phenoxy) is 1. The highest BCUT2D eigenvalue weighted by Gasteiger charge is 2.34. The summed E-state index contributed by atoms with van der Waals surface area (Å²) < 4.78 is 5.23. The Morgan fingerprint density at radius 2 is 1.92 bits per heavy atom. The molecule has 1 atom stereocenters. The fraction of sp³-hybridized carbons (Fsp3) is 0.179. The minimum absolute atomic E-state index is 0.0593. The molecular formula is C28H25N5O5. The van der Waals surface area contributed by atoms with E-state index in [-0.39, 0.29) is 18.9 Å². The van der Waals surface area contributed by atoms with Crippen LogP contribution in [0.2, 0.25) is 0 Å². The molecule has 192 valence electrons. The molecule has 0 aliphatic carbocycles. The van der Waals surface area contributed by atoms with E-state index in [1.807, 2.05) is 17.4 Å². The molecule has 2 heterocycles. The summed E-state index contributed by atoms with van der Waals surface area (Å²) >= 11 is 0. The first kappa shape index (κ1) is 25.9. The summed E-state index contributed by atoms with van der Waals surface area (Å²) in [5, 5.41) is 4.73. The van der Waals surface area contributed by atoms with Gasteiger partial charge >= 0.3 is 6.03 Å². The lowest BCUT2D eigenvalue weighted by atomic mass is 10.0. The number of methoxy groups -OCH3 is 1. The lowest BCUT2D eigenvalue weighted by Crippen LogP contribution is -2.55. The number of hydrogen-bond acceptors (Lipinski definition) is 6. The second-order valence-corrected chi connectivity index (χ2v) is 8.89. The second kappa shape index (κ2) is 10.8. The highest BCUT2D eigenvalue weighted by atomic mass is 16.5. The summed E-state index contributed by atoms with van der Waals surface area (Å²) in [6, 6.07) is 13.1. The summed E-state index contributed by atoms with van der Waals surface area (Å²) in [6.45, 7) is 2.07. The molecule has 0 saturated carbocycles. The van der Waals surface area contributed by atoms with Crippen molar-refractivity contribution in [2.45, 2.75) is 19.0 Å². The molecule has 0 spiro atoms. The predicted molar refractivity (Wildman–Crippen MR) is 139 cm³/mol. The predicted octanol–water partition coefficient (Wildman–Crippen LogP) is 2.08. The van der Waals surface area contributed by atoms with Crippen molar-refractivity contribution in [1.29, 1.82) is 0 Å². The molecule has 0 saturated heterocycles. The minimum atomic E-state index is -1.21. The van der Waals surface area contributed by atoms with Gasteiger partial charge in [0.2, 0.25) is 12.3 Å². The quantitative estimate of drug-likeness (QED) is 0.327. The van der Waals surface area contributed by atoms with Crippen LogP contribution in [0.1, 0.15) is 38.8 Å². The third kappa shape index (κ3) is 5.79. The molecule has 10 heteroatoms. The van der Waals surface area contributed by atoms with E-state index >= 15 is 0 Å². The van der Waals surface area contributed by atoms with Gasteiger partial charge in [-0.1, -0.05) is 30.0 Å². The maximum atomic E-state index is 13.1. The molecule has 5 amide bonds. The Balaban J connectivity index is 1.60. The van der Waals surface area contributed by atoms with E-state index < -0.39 is 17.5 Å². The molecule has 0 fully saturated rings. The lowest BCUT2D eigenvalue weighted by Gasteiger charge is -2.30. The Labute approximate surface area is 219 Å². The SMILES string of the molecule is COc1ccc2c(c1)C(=O)N(C[C@@](C)(C#Cc1cncc(-c3ccc(C(N)=O)cc3)c1)NC(=O)NC=O)C2. The molecule has 3 aromatic rings. The number of nitrogens with two attached hydrogens (primary N) is 1. The van der Waals surface area contributed by atoms with E-state index in [1.54, 1.807) is 60.6 Å². The molecule has 38 heavy (non-hydrogen) atoms. The van der Waals surface area contributed by atoms with E-state index in [9.17, 15) is 19.2 Å². The number of hydrogen-bond donors (Lipinski definition) is 3. The van der Waals surface area contributed by atoms with Crippen LogP contribution >= 0.6 is 0 Å². The van der Waals surface area contributed by atoms with Crippen LogP contribution in [0.25, 0.3) is 11.1 Å². The number of nitrogens with one attached hydrogen (secondary N) is 2. The fourth-order valence-electron chi connectivity index (χ4n) is 4.13. The van der Waals surface area contributed by atoms with Crippen molar-refractivity contribution in [3.05, 3.63) is 83.2 Å². The summed E-state index contributed by atoms with van der Waals surface area (Å²) in [5.41, 5.74) is 7.99. The van der Waals surface area contributed by atoms with Gasteiger partial charge in [-0.3, -0.25) is 24.7 Å². The molecule has 0 bridgehead atoms. The van der Waals surface area contributed by atoms with Crippen molar-refractivity contribution >= 4 is 24.3 Å². The van der Waals surface area contributed by atoms with Crippen molar-refractivity contribution in [3.63, 3.8) is 0 Å². The Bertz CT molecular complexity index is 1470. The molecule has 0 unspecified atom stereocenters. The van der Waals surface area contributed by atoms with Gasteiger partial charge in [0, 0.05) is 41.2 Å². The Kier molecular flexibility index (Phi) is 7.39. The van der Waals surface area contributed by atoms with Crippen LogP contribution in [0.4, 0.5) is 4.79 Å². The molecular weight excluding hydrogens is 486 g/mol. The Morgan fingerprint density at radius 3 is 2.61 bits per heavy atom. The van der Waals surface area contributed by atoms with Crippen LogP contribution in [-0.2, 0) is 11.3 Å². The lowest BCUT2D eigenvalue weighted by molar-refractivity contribution is -0.108. The first-order valence-electron chi connectivity index (χ1n) is 11.6. The van der Waals surface area contributed by atoms with Crippen molar-refractivity contribution < 1.29 is 23.9 Å². The molecule has 0 radical (unpaired) electrons. The number of urea groups is 1. The number of carbonyl (C=O) groups is 4. The van der Waals surface area contributed by atoms with Crippen molar-refractivity contribution in [1.82, 2.24) is 20.5 Å². The summed E-state index contributed by atoms with van der Waals surface area (Å²) in [6.07, 6.45) is 3.50. The maximum absolute atomic E-state index is 13.1. The average Bonchev–Trinajstić information content (AvgIpc) is 3.21. The summed E-state index contributed by atoms with van der Waals surface area (Å²) in [7, 11) is 1.53. The Morgan fingerprint density at radius 1 is 1.16 bits per heavy atom. The average molecular weight is 512 g/mol. The number of amides is 5. The van der Waals surface area contributed by atoms with Gasteiger partial charge in [-0.15, -0.1) is 0 Å². The van der Waals surface area contributed by atoms with E-state index in [4.69, 9.17) is 10.5 Å². The van der Waals surface area contributed by atoms with Gasteiger partial charge in [-0.2, -0.15) is 0 Å². The third-order valence-electron chi connectivity index (χ3n) is 6.01. The number of benzene rings is 2. The van der Waals surface area contributed by atoms with Crippen LogP contribution in [-0.4, -0.2) is 53.3 Å². The number of carbonyl (C=O) groups excluding carboxylic acids is 4. The third-order valence-corrected chi connectivity index (χ3v) is 6.01. The monoisotopic (exact) mass is 511 g/mol. The number of nitrogens with zero attached hydrogens (tertiary/aromatic N) is 2. The molecule has 10 nitrogen and oxygen atoms in total. The number of imide groups is 1. The molecule has 2 aromatic carbocycles. The van der Waals surface area contributed by atoms with Crippen LogP contribution in [0, 0.1) is 11.8 Å². The summed E-state index contributed by atoms with van der Waals surface area (Å²) in [4.78, 5) is 53.3. The molecule has 1 aromatic heterocycles. The van der Waals surface area contributed by atoms with Gasteiger partial charge in [0.05, 0.1) is 13.7 Å². The molecule has 4 rings (SSSR count). The van der Waals surface area contributed by atoms with Crippen LogP contribution in [0.3, 0.4) is 0 Å². The number of pyridine rings is 1. The van der Waals surface area contributed by atoms with Gasteiger partial charge in [0.1, 0.15) is 11.3 Å². The van der Waals surface area contributed by atoms with Crippen molar-refractivity contribution in [2.24, 2.45) is 5.73 Å². The fourth-order valence-corrected chi connectivity index (χ4v) is 4.13. The van der Waals surface area contributed by atoms with Gasteiger partial charge in [-0.05, 0) is 48.4 Å². The van der Waals surface area contributed by atoms with E-state index in [0.717, 1.165) is 16.7 Å². The second-order valence-electron chi connectivity index (χ2n) is 8.89. The zero-order valence-corrected chi connectivity index (χ0v) is 20.8. The van der Waals surface area contributed by atoms with Gasteiger partial charge in [-0.25, -0.2) is 4.79 Å². The number of primary amides is 1. The van der Waals surface area contributed by atoms with E-state index in [1.165, 1.54) is 7.11 Å². The largest absolute Gasteiger partial charge is 0.497 e. The molecule has 1 aliphatic heterocycles. The maximum Gasteiger partial charge on any atom is 0.322 e. The van der Waals surface area contributed by atoms with Gasteiger partial charge < -0.3 is 20.7 Å². The molecule has 1 aliphatic rings. The van der Waals surface area contributed by atoms with Crippen LogP contribution in [0.15, 0.2) is 60.9 Å². The van der Waals surface area contributed by atoms with Crippen molar-refractivity contribution in [3.8, 4) is 28.7 Å². The highest BCUT2D eigenvalue weighted by molar-refractivity contribution is 5.99. The first-order chi connectivity index (χ1) is 18.2. The minimum Gasteiger partial charge on any atom is -0.497 e. The van der Waals surface area contributed by atoms with Crippen LogP contribution in [0.5, 0.6) is 5.75 Å². The zero-order valence-electron chi connectivity index (χ0n) is 20.8. The highest BCUT2D eigenvalue weighted by Crippen LogP contribution is 2.28. The zero-order chi connectivity index (χ0) is 27.3. The van der Waals surface area contributed by atoms with Crippen molar-refractivity contribution in [2.75, 3.05) is 13.7 Å². The van der Waals surface area contributed by atoms with Crippen LogP contribution < -0.4 is 21.1 Å². The molecule has 4 N–H and O–H groups in total. The normalized spacial score (nSPS) is 13.4. The van der Waals surface area contributed by atoms with E-state index in [2.05, 4.69) is 22.1 Å². The van der Waals surface area contributed by atoms with E-state index in [0.29, 0.717) is 29.0 Å². The number of fused-ring (bicyclic) bond motifs is 1.